The van der Waals surface area contributed by atoms with Crippen molar-refractivity contribution in [3.63, 3.8) is 0 Å². The van der Waals surface area contributed by atoms with E-state index in [9.17, 15) is 5.11 Å². The van der Waals surface area contributed by atoms with Crippen LogP contribution in [0.2, 0.25) is 0 Å². The summed E-state index contributed by atoms with van der Waals surface area (Å²) in [5.41, 5.74) is 0. The van der Waals surface area contributed by atoms with Gasteiger partial charge < -0.3 is 10.0 Å². The number of aliphatic hydroxyl groups is 1. The Hall–Kier alpha value is -0.0800. The van der Waals surface area contributed by atoms with E-state index in [1.165, 1.54) is 12.8 Å². The van der Waals surface area contributed by atoms with Crippen LogP contribution in [0.3, 0.4) is 0 Å². The zero-order valence-corrected chi connectivity index (χ0v) is 7.58. The van der Waals surface area contributed by atoms with Gasteiger partial charge in [-0.05, 0) is 39.3 Å². The van der Waals surface area contributed by atoms with Gasteiger partial charge in [-0.1, -0.05) is 6.92 Å². The molecule has 2 heteroatoms. The van der Waals surface area contributed by atoms with E-state index < -0.39 is 0 Å². The van der Waals surface area contributed by atoms with Gasteiger partial charge in [-0.3, -0.25) is 0 Å². The van der Waals surface area contributed by atoms with Gasteiger partial charge in [0.2, 0.25) is 0 Å². The van der Waals surface area contributed by atoms with Crippen LogP contribution in [-0.4, -0.2) is 35.7 Å². The molecule has 0 aromatic heterocycles. The van der Waals surface area contributed by atoms with Crippen LogP contribution in [-0.2, 0) is 0 Å². The standard InChI is InChI=1S/C9H19NO/c1-3-10(2)8-4-6-9(11)7-5-8/h8-9,11H,3-7H2,1-2H3/t8-,9+. The fourth-order valence-corrected chi connectivity index (χ4v) is 1.76. The van der Waals surface area contributed by atoms with Crippen molar-refractivity contribution in [2.24, 2.45) is 0 Å². The third-order valence-corrected chi connectivity index (χ3v) is 2.79. The van der Waals surface area contributed by atoms with Crippen molar-refractivity contribution in [1.29, 1.82) is 0 Å². The molecule has 0 amide bonds. The summed E-state index contributed by atoms with van der Waals surface area (Å²) in [6.07, 6.45) is 4.32. The summed E-state index contributed by atoms with van der Waals surface area (Å²) in [4.78, 5) is 2.38. The Balaban J connectivity index is 2.27. The van der Waals surface area contributed by atoms with Gasteiger partial charge in [0, 0.05) is 6.04 Å². The summed E-state index contributed by atoms with van der Waals surface area (Å²) < 4.78 is 0. The molecule has 1 N–H and O–H groups in total. The molecule has 11 heavy (non-hydrogen) atoms. The molecule has 2 nitrogen and oxygen atoms in total. The van der Waals surface area contributed by atoms with Gasteiger partial charge in [0.25, 0.3) is 0 Å². The lowest BCUT2D eigenvalue weighted by Crippen LogP contribution is -2.36. The summed E-state index contributed by atoms with van der Waals surface area (Å²) in [6, 6.07) is 0.725. The Morgan fingerprint density at radius 3 is 2.27 bits per heavy atom. The van der Waals surface area contributed by atoms with Crippen molar-refractivity contribution < 1.29 is 5.11 Å². The maximum atomic E-state index is 9.26. The lowest BCUT2D eigenvalue weighted by molar-refractivity contribution is 0.0862. The minimum atomic E-state index is -0.0171. The van der Waals surface area contributed by atoms with Crippen LogP contribution in [0, 0.1) is 0 Å². The third kappa shape index (κ3) is 2.46. The summed E-state index contributed by atoms with van der Waals surface area (Å²) in [5.74, 6) is 0. The zero-order valence-electron chi connectivity index (χ0n) is 7.58. The van der Waals surface area contributed by atoms with Crippen molar-refractivity contribution in [1.82, 2.24) is 4.90 Å². The molecule has 1 fully saturated rings. The van der Waals surface area contributed by atoms with Crippen molar-refractivity contribution >= 4 is 0 Å². The average Bonchev–Trinajstić information content (AvgIpc) is 2.05. The molecule has 0 bridgehead atoms. The highest BCUT2D eigenvalue weighted by Crippen LogP contribution is 2.21. The molecule has 0 saturated heterocycles. The lowest BCUT2D eigenvalue weighted by atomic mass is 9.92. The fraction of sp³-hybridized carbons (Fsp3) is 1.00. The molecule has 0 unspecified atom stereocenters. The summed E-state index contributed by atoms with van der Waals surface area (Å²) in [6.45, 7) is 3.31. The van der Waals surface area contributed by atoms with Gasteiger partial charge >= 0.3 is 0 Å². The van der Waals surface area contributed by atoms with E-state index in [2.05, 4.69) is 18.9 Å². The van der Waals surface area contributed by atoms with Crippen molar-refractivity contribution in [3.05, 3.63) is 0 Å². The van der Waals surface area contributed by atoms with Crippen LogP contribution < -0.4 is 0 Å². The van der Waals surface area contributed by atoms with Crippen LogP contribution in [0.15, 0.2) is 0 Å². The van der Waals surface area contributed by atoms with Gasteiger partial charge in [-0.25, -0.2) is 0 Å². The van der Waals surface area contributed by atoms with Gasteiger partial charge in [0.05, 0.1) is 6.10 Å². The van der Waals surface area contributed by atoms with Crippen LogP contribution in [0.1, 0.15) is 32.6 Å². The van der Waals surface area contributed by atoms with Crippen molar-refractivity contribution in [2.45, 2.75) is 44.8 Å². The fourth-order valence-electron chi connectivity index (χ4n) is 1.76. The lowest BCUT2D eigenvalue weighted by Gasteiger charge is -2.32. The van der Waals surface area contributed by atoms with E-state index in [1.54, 1.807) is 0 Å². The molecule has 0 spiro atoms. The molecule has 0 aromatic rings. The molecule has 1 rings (SSSR count). The molecular formula is C9H19NO. The number of aliphatic hydroxyl groups excluding tert-OH is 1. The van der Waals surface area contributed by atoms with E-state index >= 15 is 0 Å². The topological polar surface area (TPSA) is 23.5 Å². The second-order valence-corrected chi connectivity index (χ2v) is 3.54. The first-order chi connectivity index (χ1) is 5.24. The Morgan fingerprint density at radius 2 is 1.82 bits per heavy atom. The summed E-state index contributed by atoms with van der Waals surface area (Å²) in [5, 5.41) is 9.26. The maximum absolute atomic E-state index is 9.26. The smallest absolute Gasteiger partial charge is 0.0541 e. The number of hydrogen-bond acceptors (Lipinski definition) is 2. The van der Waals surface area contributed by atoms with E-state index in [0.29, 0.717) is 0 Å². The first-order valence-electron chi connectivity index (χ1n) is 4.62. The molecule has 0 aliphatic heterocycles. The predicted molar refractivity (Wildman–Crippen MR) is 46.6 cm³/mol. The second kappa shape index (κ2) is 4.07. The quantitative estimate of drug-likeness (QED) is 0.652. The highest BCUT2D eigenvalue weighted by molar-refractivity contribution is 4.76. The molecule has 1 saturated carbocycles. The second-order valence-electron chi connectivity index (χ2n) is 3.54. The Bertz CT molecular complexity index is 108. The molecule has 0 atom stereocenters. The largest absolute Gasteiger partial charge is 0.393 e. The summed E-state index contributed by atoms with van der Waals surface area (Å²) >= 11 is 0. The number of nitrogens with zero attached hydrogens (tertiary/aromatic N) is 1. The van der Waals surface area contributed by atoms with E-state index in [1.807, 2.05) is 0 Å². The van der Waals surface area contributed by atoms with Gasteiger partial charge in [-0.2, -0.15) is 0 Å². The van der Waals surface area contributed by atoms with Crippen molar-refractivity contribution in [2.75, 3.05) is 13.6 Å². The summed E-state index contributed by atoms with van der Waals surface area (Å²) in [7, 11) is 2.17. The minimum Gasteiger partial charge on any atom is -0.393 e. The highest BCUT2D eigenvalue weighted by atomic mass is 16.3. The highest BCUT2D eigenvalue weighted by Gasteiger charge is 2.21. The molecular weight excluding hydrogens is 138 g/mol. The molecule has 0 heterocycles. The average molecular weight is 157 g/mol. The number of hydrogen-bond donors (Lipinski definition) is 1. The number of rotatable bonds is 2. The maximum Gasteiger partial charge on any atom is 0.0541 e. The van der Waals surface area contributed by atoms with Crippen molar-refractivity contribution in [3.8, 4) is 0 Å². The molecule has 66 valence electrons. The predicted octanol–water partition coefficient (Wildman–Crippen LogP) is 1.24. The Kier molecular flexibility index (Phi) is 3.34. The van der Waals surface area contributed by atoms with E-state index in [4.69, 9.17) is 0 Å². The Morgan fingerprint density at radius 1 is 1.27 bits per heavy atom. The van der Waals surface area contributed by atoms with Gasteiger partial charge in [0.15, 0.2) is 0 Å². The monoisotopic (exact) mass is 157 g/mol. The van der Waals surface area contributed by atoms with Gasteiger partial charge in [-0.15, -0.1) is 0 Å². The zero-order chi connectivity index (χ0) is 8.27. The van der Waals surface area contributed by atoms with Gasteiger partial charge in [0.1, 0.15) is 0 Å². The molecule has 0 radical (unpaired) electrons. The normalized spacial score (nSPS) is 32.7. The SMILES string of the molecule is CCN(C)[C@H]1CC[C@@H](O)CC1. The van der Waals surface area contributed by atoms with E-state index in [0.717, 1.165) is 25.4 Å². The van der Waals surface area contributed by atoms with Crippen LogP contribution >= 0.6 is 0 Å². The van der Waals surface area contributed by atoms with Crippen LogP contribution in [0.4, 0.5) is 0 Å². The first kappa shape index (κ1) is 9.01. The first-order valence-corrected chi connectivity index (χ1v) is 4.62. The van der Waals surface area contributed by atoms with Crippen LogP contribution in [0.5, 0.6) is 0 Å². The van der Waals surface area contributed by atoms with E-state index in [-0.39, 0.29) is 6.10 Å². The van der Waals surface area contributed by atoms with Crippen LogP contribution in [0.25, 0.3) is 0 Å². The Labute approximate surface area is 69.2 Å². The third-order valence-electron chi connectivity index (χ3n) is 2.79. The minimum absolute atomic E-state index is 0.0171. The molecule has 0 aromatic carbocycles. The molecule has 1 aliphatic carbocycles. The molecule has 1 aliphatic rings.